The van der Waals surface area contributed by atoms with E-state index in [1.807, 2.05) is 0 Å². The molecule has 0 aliphatic carbocycles. The monoisotopic (exact) mass is 1330 g/mol. The van der Waals surface area contributed by atoms with Crippen molar-refractivity contribution >= 4 is 139 Å². The van der Waals surface area contributed by atoms with Gasteiger partial charge in [0.25, 0.3) is 0 Å². The second-order valence-corrected chi connectivity index (χ2v) is 28.5. The molecule has 2 aliphatic heterocycles. The van der Waals surface area contributed by atoms with Crippen LogP contribution < -0.4 is 26.2 Å². The molecule has 15 aromatic carbocycles. The van der Waals surface area contributed by atoms with Gasteiger partial charge in [-0.2, -0.15) is 0 Å². The van der Waals surface area contributed by atoms with Gasteiger partial charge in [0.15, 0.2) is 0 Å². The van der Waals surface area contributed by atoms with E-state index in [-0.39, 0.29) is 6.71 Å². The predicted octanol–water partition coefficient (Wildman–Crippen LogP) is 21.7. The van der Waals surface area contributed by atoms with Crippen molar-refractivity contribution in [2.24, 2.45) is 0 Å². The van der Waals surface area contributed by atoms with Crippen LogP contribution >= 0.6 is 0 Å². The molecule has 96 heavy (non-hydrogen) atoms. The van der Waals surface area contributed by atoms with E-state index in [2.05, 4.69) is 365 Å². The Kier molecular flexibility index (Phi) is 12.6. The molecule has 4 nitrogen and oxygen atoms in total. The maximum absolute atomic E-state index is 2.70. The molecule has 5 heterocycles. The van der Waals surface area contributed by atoms with E-state index in [4.69, 9.17) is 0 Å². The Morgan fingerprint density at radius 1 is 0.229 bits per heavy atom. The van der Waals surface area contributed by atoms with E-state index in [0.29, 0.717) is 0 Å². The minimum absolute atomic E-state index is 0.230. The summed E-state index contributed by atoms with van der Waals surface area (Å²) < 4.78 is 7.97. The van der Waals surface area contributed by atoms with Crippen LogP contribution in [-0.4, -0.2) is 36.3 Å². The number of hydrogen-bond donors (Lipinski definition) is 0. The summed E-state index contributed by atoms with van der Waals surface area (Å²) in [5, 5.41) is 7.64. The average molecular weight is 1330 g/mol. The van der Waals surface area contributed by atoms with Crippen molar-refractivity contribution in [3.8, 4) is 67.0 Å². The Morgan fingerprint density at radius 3 is 0.990 bits per heavy atom. The molecule has 3 aromatic heterocycles. The first kappa shape index (κ1) is 54.9. The number of nitrogens with zero attached hydrogens (tertiary/aromatic N) is 4. The molecular weight excluding hydrogens is 1280 g/mol. The number of rotatable bonds is 9. The van der Waals surface area contributed by atoms with E-state index in [9.17, 15) is 0 Å². The fourth-order valence-electron chi connectivity index (χ4n) is 16.2. The van der Waals surface area contributed by atoms with Gasteiger partial charge >= 0.3 is 357 Å². The zero-order chi connectivity index (χ0) is 63.0. The van der Waals surface area contributed by atoms with Crippen molar-refractivity contribution in [1.29, 1.82) is 0 Å². The van der Waals surface area contributed by atoms with Gasteiger partial charge in [-0.1, -0.05) is 146 Å². The number of hydrogen-bond acceptors (Lipinski definition) is 2. The molecule has 0 amide bonds. The summed E-state index contributed by atoms with van der Waals surface area (Å²) in [6.07, 6.45) is 0. The third-order valence-corrected chi connectivity index (χ3v) is 23.6. The summed E-state index contributed by atoms with van der Waals surface area (Å²) in [7, 11) is 0. The van der Waals surface area contributed by atoms with Gasteiger partial charge in [0.05, 0.1) is 22.1 Å². The van der Waals surface area contributed by atoms with Crippen LogP contribution in [0.5, 0.6) is 0 Å². The van der Waals surface area contributed by atoms with Crippen molar-refractivity contribution in [3.05, 3.63) is 346 Å². The SMILES string of the molecule is c1ccc(-c2cccc(-c3ccccc3)c2N2c3cc(-n4c5ccccc5c5ccccc54)ccc3B3c4ccc(-n5c6ccccc6c6ccccc65)cc4N(c4c(-c5ccccc5)cccc4-c4ccccc4)c4cc(-c5ccc6[te]c7ccccc7c6c5)cc2c43)cc1. The first-order valence-electron chi connectivity index (χ1n) is 33.1. The van der Waals surface area contributed by atoms with Crippen molar-refractivity contribution in [3.63, 3.8) is 0 Å². The van der Waals surface area contributed by atoms with Gasteiger partial charge in [0.2, 0.25) is 0 Å². The van der Waals surface area contributed by atoms with Crippen molar-refractivity contribution in [2.75, 3.05) is 9.80 Å². The molecule has 18 aromatic rings. The standard InChI is InChI=1S/C90H57BN4Te/c1-5-25-58(26-6-1)66-38-23-39-67(59-27-7-2-8-28-59)89(66)94-82-56-64(92-78-42-18-13-33-70(78)71-34-14-19-43-79(71)92)48-50-76(82)91-77-51-49-65(93-80-44-20-15-35-72(80)73-36-16-21-45-81(73)93)57-83(77)95(90-68(60-29-9-3-10-30-60)40-24-41-69(90)61-31-11-4-12-32-61)85-55-63(54-84(94)88(85)91)62-47-52-87-75(53-62)74-37-17-22-46-86(74)96-87/h1-57H. The van der Waals surface area contributed by atoms with Gasteiger partial charge < -0.3 is 0 Å². The Bertz CT molecular complexity index is 5630. The second kappa shape index (κ2) is 22.0. The number of aromatic nitrogens is 2. The minimum atomic E-state index is -0.569. The molecule has 0 atom stereocenters. The Labute approximate surface area is 566 Å². The van der Waals surface area contributed by atoms with E-state index in [1.165, 1.54) is 83.1 Å². The summed E-state index contributed by atoms with van der Waals surface area (Å²) in [6, 6.07) is 130. The number of anilines is 6. The molecule has 0 N–H and O–H groups in total. The molecule has 20 rings (SSSR count). The van der Waals surface area contributed by atoms with Gasteiger partial charge in [-0.05, 0) is 24.3 Å². The molecule has 0 fully saturated rings. The number of fused-ring (bicyclic) bond motifs is 13. The Morgan fingerprint density at radius 2 is 0.583 bits per heavy atom. The average Bonchev–Trinajstić information content (AvgIpc) is 0.834. The molecular formula is C90H57BN4Te. The smallest absolute Gasteiger partial charge is 0.0616 e. The molecule has 0 unspecified atom stereocenters. The van der Waals surface area contributed by atoms with Crippen LogP contribution in [0.1, 0.15) is 0 Å². The first-order valence-corrected chi connectivity index (χ1v) is 35.4. The van der Waals surface area contributed by atoms with Crippen LogP contribution in [-0.2, 0) is 0 Å². The van der Waals surface area contributed by atoms with Gasteiger partial charge in [0.1, 0.15) is 0 Å². The molecule has 446 valence electrons. The molecule has 0 saturated carbocycles. The van der Waals surface area contributed by atoms with E-state index < -0.39 is 20.4 Å². The molecule has 2 aliphatic rings. The van der Waals surface area contributed by atoms with Gasteiger partial charge in [-0.15, -0.1) is 0 Å². The van der Waals surface area contributed by atoms with E-state index >= 15 is 0 Å². The molecule has 0 radical (unpaired) electrons. The molecule has 0 bridgehead atoms. The normalized spacial score (nSPS) is 12.5. The van der Waals surface area contributed by atoms with Crippen molar-refractivity contribution < 1.29 is 0 Å². The minimum Gasteiger partial charge on any atom is -0.0616 e. The van der Waals surface area contributed by atoms with Crippen LogP contribution in [0, 0.1) is 0 Å². The molecule has 6 heteroatoms. The zero-order valence-electron chi connectivity index (χ0n) is 52.2. The zero-order valence-corrected chi connectivity index (χ0v) is 54.5. The van der Waals surface area contributed by atoms with Crippen molar-refractivity contribution in [2.45, 2.75) is 0 Å². The summed E-state index contributed by atoms with van der Waals surface area (Å²) >= 11 is -0.569. The number of para-hydroxylation sites is 6. The topological polar surface area (TPSA) is 16.3 Å². The summed E-state index contributed by atoms with van der Waals surface area (Å²) in [5.41, 5.74) is 28.8. The summed E-state index contributed by atoms with van der Waals surface area (Å²) in [4.78, 5) is 5.39. The van der Waals surface area contributed by atoms with Crippen LogP contribution in [0.4, 0.5) is 34.1 Å². The quantitative estimate of drug-likeness (QED) is 0.134. The maximum atomic E-state index is 2.70. The van der Waals surface area contributed by atoms with E-state index in [0.717, 1.165) is 95.6 Å². The third-order valence-electron chi connectivity index (χ3n) is 20.3. The van der Waals surface area contributed by atoms with Crippen LogP contribution in [0.2, 0.25) is 0 Å². The van der Waals surface area contributed by atoms with Crippen LogP contribution in [0.15, 0.2) is 346 Å². The number of benzene rings is 15. The third kappa shape index (κ3) is 8.43. The summed E-state index contributed by atoms with van der Waals surface area (Å²) in [5.74, 6) is 0. The molecule has 0 saturated heterocycles. The van der Waals surface area contributed by atoms with Crippen LogP contribution in [0.25, 0.3) is 128 Å². The Hall–Kier alpha value is -11.6. The second-order valence-electron chi connectivity index (χ2n) is 25.4. The molecule has 0 spiro atoms. The predicted molar refractivity (Wildman–Crippen MR) is 408 cm³/mol. The van der Waals surface area contributed by atoms with E-state index in [1.54, 1.807) is 0 Å². The van der Waals surface area contributed by atoms with Gasteiger partial charge in [-0.3, -0.25) is 0 Å². The van der Waals surface area contributed by atoms with Gasteiger partial charge in [0, 0.05) is 21.5 Å². The fraction of sp³-hybridized carbons (Fsp3) is 0. The van der Waals surface area contributed by atoms with Gasteiger partial charge in [-0.25, -0.2) is 0 Å². The first-order chi connectivity index (χ1) is 47.7. The van der Waals surface area contributed by atoms with Crippen LogP contribution in [0.3, 0.4) is 0 Å². The van der Waals surface area contributed by atoms with Crippen molar-refractivity contribution in [1.82, 2.24) is 9.13 Å². The summed E-state index contributed by atoms with van der Waals surface area (Å²) in [6.45, 7) is -0.230. The fourth-order valence-corrected chi connectivity index (χ4v) is 19.3. The Balaban J connectivity index is 0.974.